The molecule has 0 unspecified atom stereocenters. The van der Waals surface area contributed by atoms with Crippen LogP contribution in [0.1, 0.15) is 5.56 Å². The van der Waals surface area contributed by atoms with Crippen molar-refractivity contribution in [3.63, 3.8) is 0 Å². The van der Waals surface area contributed by atoms with Crippen molar-refractivity contribution in [1.82, 2.24) is 0 Å². The van der Waals surface area contributed by atoms with Crippen LogP contribution in [0, 0.1) is 3.57 Å². The molecule has 0 aromatic heterocycles. The zero-order valence-corrected chi connectivity index (χ0v) is 13.3. The van der Waals surface area contributed by atoms with Gasteiger partial charge in [0.1, 0.15) is 11.5 Å². The summed E-state index contributed by atoms with van der Waals surface area (Å²) in [5, 5.41) is 1.34. The highest BCUT2D eigenvalue weighted by Gasteiger charge is 2.08. The van der Waals surface area contributed by atoms with Crippen LogP contribution in [0.4, 0.5) is 0 Å². The lowest BCUT2D eigenvalue weighted by atomic mass is 10.2. The predicted octanol–water partition coefficient (Wildman–Crippen LogP) is 5.63. The standard InChI is InChI=1S/C13H9BrClIO/c14-8-9-3-1-6-12(15)13(9)17-11-5-2-4-10(16)7-11/h1-7H,8H2. The molecule has 0 spiro atoms. The number of para-hydroxylation sites is 1. The van der Waals surface area contributed by atoms with Gasteiger partial charge in [0.25, 0.3) is 0 Å². The summed E-state index contributed by atoms with van der Waals surface area (Å²) in [7, 11) is 0. The molecule has 0 atom stereocenters. The number of hydrogen-bond acceptors (Lipinski definition) is 1. The second-order valence-corrected chi connectivity index (χ2v) is 5.63. The van der Waals surface area contributed by atoms with E-state index in [2.05, 4.69) is 38.5 Å². The molecule has 2 rings (SSSR count). The maximum Gasteiger partial charge on any atom is 0.150 e. The molecule has 88 valence electrons. The molecule has 1 nitrogen and oxygen atoms in total. The molecule has 0 N–H and O–H groups in total. The van der Waals surface area contributed by atoms with Gasteiger partial charge in [0.2, 0.25) is 0 Å². The Hall–Kier alpha value is -0.260. The maximum absolute atomic E-state index is 6.15. The molecule has 0 fully saturated rings. The zero-order chi connectivity index (χ0) is 12.3. The highest BCUT2D eigenvalue weighted by molar-refractivity contribution is 14.1. The summed E-state index contributed by atoms with van der Waals surface area (Å²) in [4.78, 5) is 0. The van der Waals surface area contributed by atoms with E-state index in [9.17, 15) is 0 Å². The molecule has 0 heterocycles. The largest absolute Gasteiger partial charge is 0.455 e. The van der Waals surface area contributed by atoms with Gasteiger partial charge in [0.15, 0.2) is 0 Å². The molecule has 0 bridgehead atoms. The van der Waals surface area contributed by atoms with Gasteiger partial charge in [-0.25, -0.2) is 0 Å². The van der Waals surface area contributed by atoms with Crippen molar-refractivity contribution in [1.29, 1.82) is 0 Å². The number of hydrogen-bond donors (Lipinski definition) is 0. The summed E-state index contributed by atoms with van der Waals surface area (Å²) in [6.07, 6.45) is 0. The Kier molecular flexibility index (Phi) is 4.70. The number of benzene rings is 2. The highest BCUT2D eigenvalue weighted by atomic mass is 127. The average Bonchev–Trinajstić information content (AvgIpc) is 2.32. The molecule has 0 aliphatic heterocycles. The summed E-state index contributed by atoms with van der Waals surface area (Å²) in [6.45, 7) is 0. The molecule has 0 saturated heterocycles. The quantitative estimate of drug-likeness (QED) is 0.459. The molecule has 0 aliphatic rings. The van der Waals surface area contributed by atoms with Crippen LogP contribution in [-0.4, -0.2) is 0 Å². The van der Waals surface area contributed by atoms with Crippen molar-refractivity contribution < 1.29 is 4.74 Å². The van der Waals surface area contributed by atoms with Gasteiger partial charge >= 0.3 is 0 Å². The maximum atomic E-state index is 6.15. The van der Waals surface area contributed by atoms with Gasteiger partial charge in [-0.05, 0) is 46.9 Å². The van der Waals surface area contributed by atoms with Gasteiger partial charge in [-0.1, -0.05) is 45.7 Å². The molecular weight excluding hydrogens is 414 g/mol. The van der Waals surface area contributed by atoms with Crippen LogP contribution < -0.4 is 4.74 Å². The van der Waals surface area contributed by atoms with E-state index in [4.69, 9.17) is 16.3 Å². The van der Waals surface area contributed by atoms with E-state index in [0.717, 1.165) is 14.9 Å². The van der Waals surface area contributed by atoms with Crippen molar-refractivity contribution in [3.05, 3.63) is 56.6 Å². The fourth-order valence-corrected chi connectivity index (χ4v) is 2.61. The van der Waals surface area contributed by atoms with Crippen LogP contribution in [0.25, 0.3) is 0 Å². The third kappa shape index (κ3) is 3.36. The topological polar surface area (TPSA) is 9.23 Å². The van der Waals surface area contributed by atoms with Crippen molar-refractivity contribution in [2.24, 2.45) is 0 Å². The van der Waals surface area contributed by atoms with Crippen molar-refractivity contribution in [2.45, 2.75) is 5.33 Å². The molecule has 2 aromatic rings. The fourth-order valence-electron chi connectivity index (χ4n) is 1.42. The van der Waals surface area contributed by atoms with Gasteiger partial charge in [0.05, 0.1) is 5.02 Å². The summed E-state index contributed by atoms with van der Waals surface area (Å²) >= 11 is 11.8. The Morgan fingerprint density at radius 1 is 1.18 bits per heavy atom. The molecule has 0 radical (unpaired) electrons. The van der Waals surface area contributed by atoms with E-state index in [0.29, 0.717) is 16.1 Å². The third-order valence-corrected chi connectivity index (χ3v) is 3.78. The lowest BCUT2D eigenvalue weighted by Crippen LogP contribution is -1.90. The van der Waals surface area contributed by atoms with Gasteiger partial charge in [0, 0.05) is 14.5 Å². The third-order valence-electron chi connectivity index (χ3n) is 2.21. The first kappa shape index (κ1) is 13.2. The van der Waals surface area contributed by atoms with Crippen LogP contribution in [0.15, 0.2) is 42.5 Å². The van der Waals surface area contributed by atoms with E-state index in [1.807, 2.05) is 42.5 Å². The zero-order valence-electron chi connectivity index (χ0n) is 8.79. The normalized spacial score (nSPS) is 10.3. The summed E-state index contributed by atoms with van der Waals surface area (Å²) in [5.41, 5.74) is 1.04. The van der Waals surface area contributed by atoms with Crippen molar-refractivity contribution >= 4 is 50.1 Å². The number of halogens is 3. The Labute approximate surface area is 127 Å². The Morgan fingerprint density at radius 3 is 2.65 bits per heavy atom. The molecule has 0 aliphatic carbocycles. The molecule has 17 heavy (non-hydrogen) atoms. The summed E-state index contributed by atoms with van der Waals surface area (Å²) in [5.74, 6) is 1.51. The Bertz CT molecular complexity index is 531. The Morgan fingerprint density at radius 2 is 1.94 bits per heavy atom. The first-order valence-electron chi connectivity index (χ1n) is 4.97. The van der Waals surface area contributed by atoms with Crippen LogP contribution in [0.5, 0.6) is 11.5 Å². The SMILES string of the molecule is Clc1cccc(CBr)c1Oc1cccc(I)c1. The molecule has 4 heteroatoms. The van der Waals surface area contributed by atoms with Crippen LogP contribution in [-0.2, 0) is 5.33 Å². The second-order valence-electron chi connectivity index (χ2n) is 3.42. The monoisotopic (exact) mass is 422 g/mol. The van der Waals surface area contributed by atoms with Crippen molar-refractivity contribution in [2.75, 3.05) is 0 Å². The van der Waals surface area contributed by atoms with Gasteiger partial charge in [-0.2, -0.15) is 0 Å². The van der Waals surface area contributed by atoms with Crippen LogP contribution in [0.2, 0.25) is 5.02 Å². The molecule has 0 amide bonds. The summed E-state index contributed by atoms with van der Waals surface area (Å²) in [6, 6.07) is 13.6. The van der Waals surface area contributed by atoms with Crippen LogP contribution in [0.3, 0.4) is 0 Å². The van der Waals surface area contributed by atoms with Gasteiger partial charge < -0.3 is 4.74 Å². The molecular formula is C13H9BrClIO. The lowest BCUT2D eigenvalue weighted by molar-refractivity contribution is 0.478. The van der Waals surface area contributed by atoms with Gasteiger partial charge in [-0.15, -0.1) is 0 Å². The van der Waals surface area contributed by atoms with Crippen molar-refractivity contribution in [3.8, 4) is 11.5 Å². The average molecular weight is 423 g/mol. The smallest absolute Gasteiger partial charge is 0.150 e. The van der Waals surface area contributed by atoms with Gasteiger partial charge in [-0.3, -0.25) is 0 Å². The van der Waals surface area contributed by atoms with E-state index in [1.54, 1.807) is 0 Å². The molecule has 2 aromatic carbocycles. The fraction of sp³-hybridized carbons (Fsp3) is 0.0769. The highest BCUT2D eigenvalue weighted by Crippen LogP contribution is 2.34. The van der Waals surface area contributed by atoms with E-state index < -0.39 is 0 Å². The summed E-state index contributed by atoms with van der Waals surface area (Å²) < 4.78 is 6.98. The minimum absolute atomic E-state index is 0.626. The number of alkyl halides is 1. The first-order valence-corrected chi connectivity index (χ1v) is 7.55. The second kappa shape index (κ2) is 6.07. The van der Waals surface area contributed by atoms with E-state index >= 15 is 0 Å². The van der Waals surface area contributed by atoms with E-state index in [1.165, 1.54) is 0 Å². The first-order chi connectivity index (χ1) is 8.20. The predicted molar refractivity (Wildman–Crippen MR) is 83.3 cm³/mol. The molecule has 0 saturated carbocycles. The Balaban J connectivity index is 2.35. The van der Waals surface area contributed by atoms with Crippen LogP contribution >= 0.6 is 50.1 Å². The minimum atomic E-state index is 0.626. The number of rotatable bonds is 3. The van der Waals surface area contributed by atoms with E-state index in [-0.39, 0.29) is 0 Å². The lowest BCUT2D eigenvalue weighted by Gasteiger charge is -2.11. The number of ether oxygens (including phenoxy) is 1. The minimum Gasteiger partial charge on any atom is -0.455 e.